The van der Waals surface area contributed by atoms with Gasteiger partial charge in [0.05, 0.1) is 11.6 Å². The Morgan fingerprint density at radius 3 is 1.90 bits per heavy atom. The van der Waals surface area contributed by atoms with Gasteiger partial charge < -0.3 is 21.3 Å². The Labute approximate surface area is 342 Å². The molecule has 60 heavy (non-hydrogen) atoms. The number of aromatic hydroxyl groups is 2. The summed E-state index contributed by atoms with van der Waals surface area (Å²) in [6, 6.07) is 30.7. The number of aldehydes is 1. The van der Waals surface area contributed by atoms with Crippen LogP contribution in [0.5, 0.6) is 11.5 Å². The number of aryl methyl sites for hydroxylation is 3. The number of pyridine rings is 4. The molecule has 1 atom stereocenters. The first-order chi connectivity index (χ1) is 28.6. The highest BCUT2D eigenvalue weighted by atomic mass is 19.4. The van der Waals surface area contributed by atoms with Gasteiger partial charge >= 0.3 is 6.18 Å². The summed E-state index contributed by atoms with van der Waals surface area (Å²) < 4.78 is 62.8. The Hall–Kier alpha value is -7.48. The number of halogens is 5. The maximum atomic E-state index is 14.3. The van der Waals surface area contributed by atoms with E-state index in [1.165, 1.54) is 6.07 Å². The summed E-state index contributed by atoms with van der Waals surface area (Å²) in [6.45, 7) is 5.66. The molecule has 0 spiro atoms. The van der Waals surface area contributed by atoms with Crippen LogP contribution in [0.15, 0.2) is 140 Å². The Balaban J connectivity index is 0.000000175. The summed E-state index contributed by atoms with van der Waals surface area (Å²) in [5.41, 5.74) is 9.05. The van der Waals surface area contributed by atoms with Crippen molar-refractivity contribution < 1.29 is 37.0 Å². The van der Waals surface area contributed by atoms with Crippen molar-refractivity contribution >= 4 is 39.7 Å². The molecular weight excluding hydrogens is 780 g/mol. The number of rotatable bonds is 5. The van der Waals surface area contributed by atoms with Crippen molar-refractivity contribution in [1.82, 2.24) is 19.9 Å². The molecule has 0 fully saturated rings. The summed E-state index contributed by atoms with van der Waals surface area (Å²) in [6.07, 6.45) is 2.38. The minimum atomic E-state index is -4.72. The predicted molar refractivity (Wildman–Crippen MR) is 223 cm³/mol. The van der Waals surface area contributed by atoms with Gasteiger partial charge in [-0.25, -0.2) is 18.7 Å². The van der Waals surface area contributed by atoms with Gasteiger partial charge in [0.25, 0.3) is 0 Å². The number of benzene rings is 4. The van der Waals surface area contributed by atoms with Crippen molar-refractivity contribution in [3.8, 4) is 11.5 Å². The summed E-state index contributed by atoms with van der Waals surface area (Å²) in [5.74, 6) is -0.198. The number of fused-ring (bicyclic) bond motifs is 2. The van der Waals surface area contributed by atoms with Crippen LogP contribution >= 0.6 is 0 Å². The molecule has 0 aliphatic carbocycles. The zero-order valence-corrected chi connectivity index (χ0v) is 32.5. The van der Waals surface area contributed by atoms with E-state index in [-0.39, 0.29) is 29.2 Å². The van der Waals surface area contributed by atoms with E-state index in [1.807, 2.05) is 80.6 Å². The highest BCUT2D eigenvalue weighted by Crippen LogP contribution is 2.37. The van der Waals surface area contributed by atoms with E-state index in [0.717, 1.165) is 28.0 Å². The second-order valence-electron chi connectivity index (χ2n) is 13.4. The lowest BCUT2D eigenvalue weighted by atomic mass is 9.95. The number of para-hydroxylation sites is 1. The number of phenols is 2. The quantitative estimate of drug-likeness (QED) is 0.0984. The van der Waals surface area contributed by atoms with E-state index in [0.29, 0.717) is 51.5 Å². The number of phenolic OH excluding ortho intramolecular Hbond substituents is 2. The number of hydrogen-bond donors (Lipinski definition) is 4. The van der Waals surface area contributed by atoms with Gasteiger partial charge in [0.2, 0.25) is 0 Å². The number of hydrogen-bond acceptors (Lipinski definition) is 9. The molecule has 0 bridgehead atoms. The van der Waals surface area contributed by atoms with Gasteiger partial charge in [-0.05, 0) is 91.6 Å². The van der Waals surface area contributed by atoms with Gasteiger partial charge in [0.1, 0.15) is 52.1 Å². The summed E-state index contributed by atoms with van der Waals surface area (Å²) in [7, 11) is 0. The predicted octanol–water partition coefficient (Wildman–Crippen LogP) is 10.9. The lowest BCUT2D eigenvalue weighted by molar-refractivity contribution is -0.140. The smallest absolute Gasteiger partial charge is 0.419 e. The Bertz CT molecular complexity index is 2670. The molecule has 9 nitrogen and oxygen atoms in total. The number of nitrogen functional groups attached to an aromatic ring is 1. The average Bonchev–Trinajstić information content (AvgIpc) is 3.23. The van der Waals surface area contributed by atoms with Crippen LogP contribution in [0.4, 0.5) is 33.6 Å². The Kier molecular flexibility index (Phi) is 14.4. The molecule has 306 valence electrons. The van der Waals surface area contributed by atoms with Crippen molar-refractivity contribution in [3.63, 3.8) is 0 Å². The maximum Gasteiger partial charge on any atom is 0.419 e. The minimum Gasteiger partial charge on any atom is -0.506 e. The standard InChI is InChI=1S/C23H20FN3O.C9H7NO.C8H4F4O.C6H8N2/c1-14-5-10-20(26-13-14)27-21(17-7-6-15(2)19(24)12-17)18-9-8-16-4-3-11-25-22(16)23(18)28;11-8-5-1-3-7-4-2-6-10-9(7)8;9-7-3-5(4-13)1-2-6(7)8(10,11)12;1-5-2-3-6(7)8-4-5/h3-13,21,28H,1-2H3,(H,26,27);1-6,11H;1-4H;2-4H,1H3,(H2,7,8). The van der Waals surface area contributed by atoms with E-state index in [4.69, 9.17) is 5.73 Å². The number of carbonyl (C=O) groups excluding carboxylic acids is 1. The molecular formula is C46H39F5N6O3. The molecule has 0 saturated carbocycles. The maximum absolute atomic E-state index is 14.3. The van der Waals surface area contributed by atoms with Crippen molar-refractivity contribution in [2.24, 2.45) is 0 Å². The highest BCUT2D eigenvalue weighted by molar-refractivity contribution is 5.86. The first-order valence-electron chi connectivity index (χ1n) is 18.2. The van der Waals surface area contributed by atoms with Gasteiger partial charge in [-0.3, -0.25) is 14.8 Å². The van der Waals surface area contributed by atoms with Crippen LogP contribution in [0.2, 0.25) is 0 Å². The number of nitrogens with zero attached hydrogens (tertiary/aromatic N) is 4. The second kappa shape index (κ2) is 19.8. The third kappa shape index (κ3) is 11.6. The molecule has 1 unspecified atom stereocenters. The Morgan fingerprint density at radius 2 is 1.33 bits per heavy atom. The lowest BCUT2D eigenvalue weighted by Gasteiger charge is -2.22. The molecule has 14 heteroatoms. The molecule has 5 N–H and O–H groups in total. The molecule has 0 aliphatic heterocycles. The summed E-state index contributed by atoms with van der Waals surface area (Å²) in [5, 5.41) is 25.3. The fraction of sp³-hybridized carbons (Fsp3) is 0.109. The fourth-order valence-electron chi connectivity index (χ4n) is 5.61. The van der Waals surface area contributed by atoms with Crippen LogP contribution in [0.1, 0.15) is 49.8 Å². The number of nitrogens with one attached hydrogen (secondary N) is 1. The van der Waals surface area contributed by atoms with Crippen LogP contribution in [-0.2, 0) is 6.18 Å². The topological polar surface area (TPSA) is 147 Å². The molecule has 0 saturated heterocycles. The number of nitrogens with two attached hydrogens (primary N) is 1. The minimum absolute atomic E-state index is 0.0729. The van der Waals surface area contributed by atoms with E-state index < -0.39 is 23.6 Å². The van der Waals surface area contributed by atoms with Crippen molar-refractivity contribution in [2.45, 2.75) is 33.0 Å². The number of anilines is 2. The van der Waals surface area contributed by atoms with Crippen LogP contribution in [0.25, 0.3) is 21.8 Å². The van der Waals surface area contributed by atoms with E-state index in [9.17, 15) is 37.0 Å². The van der Waals surface area contributed by atoms with E-state index >= 15 is 0 Å². The summed E-state index contributed by atoms with van der Waals surface area (Å²) in [4.78, 5) is 26.7. The fourth-order valence-corrected chi connectivity index (χ4v) is 5.61. The largest absolute Gasteiger partial charge is 0.506 e. The zero-order chi connectivity index (χ0) is 43.4. The number of alkyl halides is 3. The van der Waals surface area contributed by atoms with Gasteiger partial charge in [-0.15, -0.1) is 0 Å². The van der Waals surface area contributed by atoms with Crippen molar-refractivity contribution in [1.29, 1.82) is 0 Å². The van der Waals surface area contributed by atoms with E-state index in [2.05, 4.69) is 25.3 Å². The second-order valence-corrected chi connectivity index (χ2v) is 13.4. The zero-order valence-electron chi connectivity index (χ0n) is 32.5. The van der Waals surface area contributed by atoms with Crippen molar-refractivity contribution in [3.05, 3.63) is 191 Å². The molecule has 8 rings (SSSR count). The van der Waals surface area contributed by atoms with Gasteiger partial charge in [-0.2, -0.15) is 13.2 Å². The molecule has 0 aliphatic rings. The van der Waals surface area contributed by atoms with Gasteiger partial charge in [0.15, 0.2) is 0 Å². The van der Waals surface area contributed by atoms with Crippen LogP contribution in [0.3, 0.4) is 0 Å². The lowest BCUT2D eigenvalue weighted by Crippen LogP contribution is -2.14. The molecule has 8 aromatic rings. The average molecular weight is 819 g/mol. The molecule has 0 radical (unpaired) electrons. The molecule has 4 aromatic heterocycles. The number of carbonyl (C=O) groups is 1. The normalized spacial score (nSPS) is 11.2. The molecule has 4 aromatic carbocycles. The van der Waals surface area contributed by atoms with Gasteiger partial charge in [-0.1, -0.05) is 66.7 Å². The van der Waals surface area contributed by atoms with Crippen LogP contribution in [0, 0.1) is 32.4 Å². The van der Waals surface area contributed by atoms with Crippen LogP contribution in [-0.4, -0.2) is 36.4 Å². The third-order valence-corrected chi connectivity index (χ3v) is 8.80. The van der Waals surface area contributed by atoms with Gasteiger partial charge in [0, 0.05) is 46.7 Å². The monoisotopic (exact) mass is 818 g/mol. The first kappa shape index (κ1) is 43.6. The van der Waals surface area contributed by atoms with Crippen molar-refractivity contribution in [2.75, 3.05) is 11.1 Å². The summed E-state index contributed by atoms with van der Waals surface area (Å²) >= 11 is 0. The van der Waals surface area contributed by atoms with Crippen LogP contribution < -0.4 is 11.1 Å². The molecule has 0 amide bonds. The first-order valence-corrected chi connectivity index (χ1v) is 18.2. The SMILES string of the molecule is Cc1ccc(N)nc1.Cc1ccc(NC(c2ccc(C)c(F)c2)c2ccc3cccnc3c2O)nc1.O=Cc1ccc(C(F)(F)F)c(F)c1.Oc1cccc2cccnc12. The van der Waals surface area contributed by atoms with E-state index in [1.54, 1.807) is 56.0 Å². The highest BCUT2D eigenvalue weighted by Gasteiger charge is 2.33. The number of aromatic nitrogens is 4. The Morgan fingerprint density at radius 1 is 0.683 bits per heavy atom. The third-order valence-electron chi connectivity index (χ3n) is 8.80. The molecule has 4 heterocycles.